The monoisotopic (exact) mass is 284 g/mol. The van der Waals surface area contributed by atoms with Crippen molar-refractivity contribution in [2.24, 2.45) is 5.41 Å². The number of likely N-dealkylation sites (tertiary alicyclic amines) is 1. The van der Waals surface area contributed by atoms with Crippen molar-refractivity contribution in [3.8, 4) is 0 Å². The number of urea groups is 1. The summed E-state index contributed by atoms with van der Waals surface area (Å²) in [6.07, 6.45) is 6.25. The molecule has 116 valence electrons. The van der Waals surface area contributed by atoms with E-state index in [1.165, 1.54) is 12.8 Å². The van der Waals surface area contributed by atoms with Crippen molar-refractivity contribution in [2.45, 2.75) is 58.8 Å². The van der Waals surface area contributed by atoms with Crippen LogP contribution in [0.4, 0.5) is 4.79 Å². The molecule has 0 unspecified atom stereocenters. The van der Waals surface area contributed by atoms with Gasteiger partial charge in [0, 0.05) is 26.1 Å². The minimum absolute atomic E-state index is 0.0286. The van der Waals surface area contributed by atoms with Crippen LogP contribution < -0.4 is 5.32 Å². The molecule has 0 spiro atoms. The highest BCUT2D eigenvalue weighted by atomic mass is 16.4. The average molecular weight is 284 g/mol. The van der Waals surface area contributed by atoms with Gasteiger partial charge in [-0.3, -0.25) is 4.79 Å². The molecule has 20 heavy (non-hydrogen) atoms. The smallest absolute Gasteiger partial charge is 0.317 e. The lowest BCUT2D eigenvalue weighted by atomic mass is 9.84. The van der Waals surface area contributed by atoms with Crippen molar-refractivity contribution >= 4 is 12.0 Å². The van der Waals surface area contributed by atoms with Crippen LogP contribution in [0.3, 0.4) is 0 Å². The van der Waals surface area contributed by atoms with Crippen molar-refractivity contribution < 1.29 is 14.7 Å². The number of carbonyl (C=O) groups excluding carboxylic acids is 1. The Hall–Kier alpha value is -1.26. The summed E-state index contributed by atoms with van der Waals surface area (Å²) in [5.74, 6) is -0.758. The van der Waals surface area contributed by atoms with Crippen LogP contribution in [-0.2, 0) is 4.79 Å². The standard InChI is InChI=1S/C15H28N2O3/c1-15(2,8-7-13(18)19)9-10-16-14(20)17-11-5-3-4-6-12-17/h3-12H2,1-2H3,(H,16,20)(H,18,19). The second-order valence-electron chi connectivity index (χ2n) is 6.44. The Kier molecular flexibility index (Phi) is 6.82. The molecule has 0 radical (unpaired) electrons. The van der Waals surface area contributed by atoms with Crippen molar-refractivity contribution in [1.29, 1.82) is 0 Å². The Bertz CT molecular complexity index is 321. The van der Waals surface area contributed by atoms with Crippen molar-refractivity contribution in [2.75, 3.05) is 19.6 Å². The minimum Gasteiger partial charge on any atom is -0.481 e. The van der Waals surface area contributed by atoms with E-state index in [9.17, 15) is 9.59 Å². The molecular weight excluding hydrogens is 256 g/mol. The number of aliphatic carboxylic acids is 1. The Morgan fingerprint density at radius 3 is 2.25 bits per heavy atom. The predicted octanol–water partition coefficient (Wildman–Crippen LogP) is 2.85. The van der Waals surface area contributed by atoms with Gasteiger partial charge < -0.3 is 15.3 Å². The maximum atomic E-state index is 12.0. The lowest BCUT2D eigenvalue weighted by Gasteiger charge is -2.25. The fourth-order valence-corrected chi connectivity index (χ4v) is 2.46. The topological polar surface area (TPSA) is 69.6 Å². The zero-order valence-electron chi connectivity index (χ0n) is 12.8. The number of nitrogens with one attached hydrogen (secondary N) is 1. The number of rotatable bonds is 6. The highest BCUT2D eigenvalue weighted by Gasteiger charge is 2.20. The third-order valence-electron chi connectivity index (χ3n) is 3.99. The third kappa shape index (κ3) is 6.78. The Labute approximate surface area is 121 Å². The summed E-state index contributed by atoms with van der Waals surface area (Å²) in [6.45, 7) is 6.42. The van der Waals surface area contributed by atoms with Crippen LogP contribution in [0.25, 0.3) is 0 Å². The molecule has 5 heteroatoms. The average Bonchev–Trinajstić information content (AvgIpc) is 2.65. The normalized spacial score (nSPS) is 16.6. The molecule has 0 aliphatic carbocycles. The molecule has 1 heterocycles. The number of hydrogen-bond acceptors (Lipinski definition) is 2. The molecule has 2 N–H and O–H groups in total. The third-order valence-corrected chi connectivity index (χ3v) is 3.99. The summed E-state index contributed by atoms with van der Waals surface area (Å²) in [7, 11) is 0. The minimum atomic E-state index is -0.758. The van der Waals surface area contributed by atoms with E-state index in [2.05, 4.69) is 5.32 Å². The van der Waals surface area contributed by atoms with Gasteiger partial charge >= 0.3 is 12.0 Å². The first kappa shape index (κ1) is 16.8. The second kappa shape index (κ2) is 8.12. The van der Waals surface area contributed by atoms with E-state index in [0.717, 1.165) is 32.4 Å². The van der Waals surface area contributed by atoms with Gasteiger partial charge in [0.15, 0.2) is 0 Å². The highest BCUT2D eigenvalue weighted by Crippen LogP contribution is 2.26. The first-order valence-corrected chi connectivity index (χ1v) is 7.65. The zero-order chi connectivity index (χ0) is 15.0. The summed E-state index contributed by atoms with van der Waals surface area (Å²) in [4.78, 5) is 24.5. The molecule has 5 nitrogen and oxygen atoms in total. The van der Waals surface area contributed by atoms with E-state index < -0.39 is 5.97 Å². The maximum Gasteiger partial charge on any atom is 0.317 e. The van der Waals surface area contributed by atoms with Crippen LogP contribution in [0.1, 0.15) is 58.8 Å². The van der Waals surface area contributed by atoms with Crippen LogP contribution in [0, 0.1) is 5.41 Å². The SMILES string of the molecule is CC(C)(CCNC(=O)N1CCCCCC1)CCC(=O)O. The number of hydrogen-bond donors (Lipinski definition) is 2. The molecule has 0 atom stereocenters. The molecule has 0 aromatic heterocycles. The molecule has 1 saturated heterocycles. The summed E-state index contributed by atoms with van der Waals surface area (Å²) in [5.41, 5.74) is -0.0511. The lowest BCUT2D eigenvalue weighted by molar-refractivity contribution is -0.137. The van der Waals surface area contributed by atoms with Crippen LogP contribution in [0.2, 0.25) is 0 Å². The molecule has 2 amide bonds. The Balaban J connectivity index is 2.24. The van der Waals surface area contributed by atoms with Gasteiger partial charge in [0.05, 0.1) is 0 Å². The lowest BCUT2D eigenvalue weighted by Crippen LogP contribution is -2.41. The van der Waals surface area contributed by atoms with E-state index in [0.29, 0.717) is 13.0 Å². The molecular formula is C15H28N2O3. The highest BCUT2D eigenvalue weighted by molar-refractivity contribution is 5.74. The van der Waals surface area contributed by atoms with Crippen LogP contribution in [0.5, 0.6) is 0 Å². The van der Waals surface area contributed by atoms with Gasteiger partial charge in [-0.1, -0.05) is 26.7 Å². The number of carboxylic acid groups (broad SMARTS) is 1. The van der Waals surface area contributed by atoms with E-state index >= 15 is 0 Å². The zero-order valence-corrected chi connectivity index (χ0v) is 12.8. The van der Waals surface area contributed by atoms with Crippen molar-refractivity contribution in [3.63, 3.8) is 0 Å². The second-order valence-corrected chi connectivity index (χ2v) is 6.44. The maximum absolute atomic E-state index is 12.0. The largest absolute Gasteiger partial charge is 0.481 e. The number of amides is 2. The molecule has 1 fully saturated rings. The van der Waals surface area contributed by atoms with Gasteiger partial charge in [0.1, 0.15) is 0 Å². The molecule has 0 bridgehead atoms. The first-order chi connectivity index (χ1) is 9.41. The van der Waals surface area contributed by atoms with Crippen LogP contribution in [-0.4, -0.2) is 41.6 Å². The van der Waals surface area contributed by atoms with E-state index in [-0.39, 0.29) is 17.9 Å². The Morgan fingerprint density at radius 2 is 1.70 bits per heavy atom. The molecule has 0 saturated carbocycles. The summed E-state index contributed by atoms with van der Waals surface area (Å²) < 4.78 is 0. The van der Waals surface area contributed by atoms with Gasteiger partial charge in [0.2, 0.25) is 0 Å². The van der Waals surface area contributed by atoms with E-state index in [4.69, 9.17) is 5.11 Å². The quantitative estimate of drug-likeness (QED) is 0.788. The van der Waals surface area contributed by atoms with E-state index in [1.807, 2.05) is 18.7 Å². The number of carbonyl (C=O) groups is 2. The van der Waals surface area contributed by atoms with Gasteiger partial charge in [-0.2, -0.15) is 0 Å². The predicted molar refractivity (Wildman–Crippen MR) is 78.7 cm³/mol. The van der Waals surface area contributed by atoms with Crippen LogP contribution in [0.15, 0.2) is 0 Å². The Morgan fingerprint density at radius 1 is 1.10 bits per heavy atom. The van der Waals surface area contributed by atoms with Crippen LogP contribution >= 0.6 is 0 Å². The van der Waals surface area contributed by atoms with E-state index in [1.54, 1.807) is 0 Å². The molecule has 0 aromatic rings. The van der Waals surface area contributed by atoms with Crippen molar-refractivity contribution in [1.82, 2.24) is 10.2 Å². The van der Waals surface area contributed by atoms with Gasteiger partial charge in [-0.15, -0.1) is 0 Å². The first-order valence-electron chi connectivity index (χ1n) is 7.65. The number of carboxylic acids is 1. The number of nitrogens with zero attached hydrogens (tertiary/aromatic N) is 1. The molecule has 1 aliphatic heterocycles. The molecule has 1 aliphatic rings. The fraction of sp³-hybridized carbons (Fsp3) is 0.867. The van der Waals surface area contributed by atoms with Gasteiger partial charge in [-0.05, 0) is 31.1 Å². The van der Waals surface area contributed by atoms with Gasteiger partial charge in [-0.25, -0.2) is 4.79 Å². The fourth-order valence-electron chi connectivity index (χ4n) is 2.46. The van der Waals surface area contributed by atoms with Gasteiger partial charge in [0.25, 0.3) is 0 Å². The molecule has 0 aromatic carbocycles. The summed E-state index contributed by atoms with van der Waals surface area (Å²) in [6, 6.07) is 0.0286. The summed E-state index contributed by atoms with van der Waals surface area (Å²) in [5, 5.41) is 11.7. The summed E-state index contributed by atoms with van der Waals surface area (Å²) >= 11 is 0. The van der Waals surface area contributed by atoms with Crippen molar-refractivity contribution in [3.05, 3.63) is 0 Å². The molecule has 1 rings (SSSR count).